The van der Waals surface area contributed by atoms with Gasteiger partial charge in [-0.2, -0.15) is 9.78 Å². The molecule has 0 spiro atoms. The molecule has 0 fully saturated rings. The number of benzene rings is 1. The number of hydrogen-bond acceptors (Lipinski definition) is 6. The van der Waals surface area contributed by atoms with Gasteiger partial charge < -0.3 is 14.9 Å². The number of rotatable bonds is 4. The first kappa shape index (κ1) is 21.2. The van der Waals surface area contributed by atoms with Gasteiger partial charge in [-0.3, -0.25) is 14.4 Å². The summed E-state index contributed by atoms with van der Waals surface area (Å²) in [6, 6.07) is 8.27. The van der Waals surface area contributed by atoms with Gasteiger partial charge in [0.05, 0.1) is 16.7 Å². The number of carbonyl (C=O) groups is 1. The molecule has 0 saturated heterocycles. The van der Waals surface area contributed by atoms with Gasteiger partial charge in [0.15, 0.2) is 0 Å². The molecular formula is C22H23N7O3. The van der Waals surface area contributed by atoms with Gasteiger partial charge >= 0.3 is 11.1 Å². The summed E-state index contributed by atoms with van der Waals surface area (Å²) < 4.78 is 2.85. The minimum absolute atomic E-state index is 0.258. The largest absolute Gasteiger partial charge is 0.316 e. The predicted octanol–water partition coefficient (Wildman–Crippen LogP) is 2.24. The molecule has 0 saturated carbocycles. The van der Waals surface area contributed by atoms with Crippen molar-refractivity contribution in [3.8, 4) is 5.95 Å². The number of fused-ring (bicyclic) bond motifs is 1. The van der Waals surface area contributed by atoms with Gasteiger partial charge in [-0.15, -0.1) is 0 Å². The molecule has 0 aliphatic heterocycles. The first-order chi connectivity index (χ1) is 15.2. The van der Waals surface area contributed by atoms with Crippen LogP contribution in [0.4, 0.5) is 5.82 Å². The van der Waals surface area contributed by atoms with E-state index in [-0.39, 0.29) is 5.41 Å². The van der Waals surface area contributed by atoms with Crippen molar-refractivity contribution in [3.63, 3.8) is 0 Å². The number of H-pyrrole nitrogens is 1. The van der Waals surface area contributed by atoms with Crippen LogP contribution >= 0.6 is 0 Å². The monoisotopic (exact) mass is 433 g/mol. The molecule has 32 heavy (non-hydrogen) atoms. The van der Waals surface area contributed by atoms with Gasteiger partial charge in [0.1, 0.15) is 5.82 Å². The summed E-state index contributed by atoms with van der Waals surface area (Å²) in [7, 11) is 0. The molecule has 1 aromatic carbocycles. The van der Waals surface area contributed by atoms with Gasteiger partial charge in [-0.1, -0.05) is 20.8 Å². The lowest BCUT2D eigenvalue weighted by Crippen LogP contribution is -2.36. The van der Waals surface area contributed by atoms with Crippen molar-refractivity contribution in [1.82, 2.24) is 29.3 Å². The quantitative estimate of drug-likeness (QED) is 0.475. The zero-order chi connectivity index (χ0) is 23.0. The van der Waals surface area contributed by atoms with Crippen molar-refractivity contribution in [2.24, 2.45) is 0 Å². The van der Waals surface area contributed by atoms with E-state index < -0.39 is 17.0 Å². The maximum atomic E-state index is 13.1. The van der Waals surface area contributed by atoms with Crippen LogP contribution in [0.1, 0.15) is 43.7 Å². The molecule has 1 amide bonds. The van der Waals surface area contributed by atoms with Crippen molar-refractivity contribution in [1.29, 1.82) is 0 Å². The Morgan fingerprint density at radius 3 is 2.50 bits per heavy atom. The standard InChI is InChI=1S/C22H23N7O3/c1-5-28-15-8-7-13(11-14(15)25-19(31)20(28)32)18(30)26-17-12-16(22(2,3)4)27-29(17)21-23-9-6-10-24-21/h6-12H,5H2,1-4H3,(H,25,31)(H,26,30). The van der Waals surface area contributed by atoms with Crippen molar-refractivity contribution in [3.05, 3.63) is 74.7 Å². The Hall–Kier alpha value is -4.08. The fraction of sp³-hybridized carbons (Fsp3) is 0.273. The number of aromatic amines is 1. The van der Waals surface area contributed by atoms with Crippen molar-refractivity contribution < 1.29 is 4.79 Å². The van der Waals surface area contributed by atoms with Crippen LogP contribution < -0.4 is 16.4 Å². The molecule has 4 rings (SSSR count). The van der Waals surface area contributed by atoms with E-state index in [1.54, 1.807) is 49.6 Å². The Labute approximate surface area is 183 Å². The second kappa shape index (κ2) is 7.88. The number of amides is 1. The predicted molar refractivity (Wildman–Crippen MR) is 120 cm³/mol. The summed E-state index contributed by atoms with van der Waals surface area (Å²) in [5.41, 5.74) is 0.408. The van der Waals surface area contributed by atoms with Crippen LogP contribution in [0.5, 0.6) is 0 Å². The van der Waals surface area contributed by atoms with E-state index in [2.05, 4.69) is 25.4 Å². The molecule has 10 heteroatoms. The van der Waals surface area contributed by atoms with E-state index >= 15 is 0 Å². The van der Waals surface area contributed by atoms with Crippen molar-refractivity contribution >= 4 is 22.8 Å². The van der Waals surface area contributed by atoms with Crippen molar-refractivity contribution in [2.75, 3.05) is 5.32 Å². The summed E-state index contributed by atoms with van der Waals surface area (Å²) in [5.74, 6) is 0.339. The molecule has 0 atom stereocenters. The van der Waals surface area contributed by atoms with Crippen LogP contribution in [0.2, 0.25) is 0 Å². The van der Waals surface area contributed by atoms with E-state index in [4.69, 9.17) is 0 Å². The Balaban J connectivity index is 1.75. The fourth-order valence-corrected chi connectivity index (χ4v) is 3.31. The van der Waals surface area contributed by atoms with Crippen LogP contribution in [0.15, 0.2) is 52.3 Å². The zero-order valence-corrected chi connectivity index (χ0v) is 18.2. The van der Waals surface area contributed by atoms with Gasteiger partial charge in [-0.25, -0.2) is 9.97 Å². The molecule has 0 unspecified atom stereocenters. The Bertz CT molecular complexity index is 1430. The minimum atomic E-state index is -0.731. The highest BCUT2D eigenvalue weighted by Crippen LogP contribution is 2.25. The Morgan fingerprint density at radius 1 is 1.12 bits per heavy atom. The van der Waals surface area contributed by atoms with Crippen LogP contribution in [-0.2, 0) is 12.0 Å². The van der Waals surface area contributed by atoms with E-state index in [9.17, 15) is 14.4 Å². The van der Waals surface area contributed by atoms with Crippen LogP contribution in [-0.4, -0.2) is 35.2 Å². The third-order valence-electron chi connectivity index (χ3n) is 5.01. The van der Waals surface area contributed by atoms with Gasteiger partial charge in [-0.05, 0) is 31.2 Å². The Kier molecular flexibility index (Phi) is 5.21. The fourth-order valence-electron chi connectivity index (χ4n) is 3.31. The van der Waals surface area contributed by atoms with Crippen molar-refractivity contribution in [2.45, 2.75) is 39.7 Å². The highest BCUT2D eigenvalue weighted by atomic mass is 16.2. The van der Waals surface area contributed by atoms with Gasteiger partial charge in [0.25, 0.3) is 11.9 Å². The second-order valence-corrected chi connectivity index (χ2v) is 8.32. The summed E-state index contributed by atoms with van der Waals surface area (Å²) in [6.45, 7) is 8.18. The molecule has 3 aromatic heterocycles. The number of hydrogen-bond donors (Lipinski definition) is 2. The first-order valence-electron chi connectivity index (χ1n) is 10.1. The number of aromatic nitrogens is 6. The molecule has 0 radical (unpaired) electrons. The highest BCUT2D eigenvalue weighted by molar-refractivity contribution is 6.05. The van der Waals surface area contributed by atoms with E-state index in [1.165, 1.54) is 9.25 Å². The summed E-state index contributed by atoms with van der Waals surface area (Å²) in [6.07, 6.45) is 3.19. The average molecular weight is 433 g/mol. The normalized spacial score (nSPS) is 11.6. The van der Waals surface area contributed by atoms with E-state index in [0.717, 1.165) is 5.69 Å². The molecule has 0 bridgehead atoms. The first-order valence-corrected chi connectivity index (χ1v) is 10.1. The zero-order valence-electron chi connectivity index (χ0n) is 18.2. The van der Waals surface area contributed by atoms with Crippen LogP contribution in [0.3, 0.4) is 0 Å². The number of nitrogens with zero attached hydrogens (tertiary/aromatic N) is 5. The summed E-state index contributed by atoms with van der Waals surface area (Å²) in [5, 5.41) is 7.44. The summed E-state index contributed by atoms with van der Waals surface area (Å²) >= 11 is 0. The third-order valence-corrected chi connectivity index (χ3v) is 5.01. The molecule has 10 nitrogen and oxygen atoms in total. The molecule has 3 heterocycles. The third kappa shape index (κ3) is 3.82. The number of anilines is 1. The minimum Gasteiger partial charge on any atom is -0.316 e. The maximum absolute atomic E-state index is 13.1. The maximum Gasteiger partial charge on any atom is 0.316 e. The molecule has 4 aromatic rings. The topological polar surface area (TPSA) is 128 Å². The number of nitrogens with one attached hydrogen (secondary N) is 2. The smallest absolute Gasteiger partial charge is 0.316 e. The number of carbonyl (C=O) groups excluding carboxylic acids is 1. The van der Waals surface area contributed by atoms with Gasteiger partial charge in [0.2, 0.25) is 0 Å². The molecule has 0 aliphatic carbocycles. The van der Waals surface area contributed by atoms with E-state index in [0.29, 0.717) is 34.9 Å². The Morgan fingerprint density at radius 2 is 1.84 bits per heavy atom. The molecule has 2 N–H and O–H groups in total. The SMILES string of the molecule is CCn1c(=O)c(=O)[nH]c2cc(C(=O)Nc3cc(C(C)(C)C)nn3-c3ncccn3)ccc21. The van der Waals surface area contributed by atoms with Crippen LogP contribution in [0, 0.1) is 0 Å². The summed E-state index contributed by atoms with van der Waals surface area (Å²) in [4.78, 5) is 48.1. The second-order valence-electron chi connectivity index (χ2n) is 8.32. The molecular weight excluding hydrogens is 410 g/mol. The molecule has 164 valence electrons. The lowest BCUT2D eigenvalue weighted by molar-refractivity contribution is 0.102. The lowest BCUT2D eigenvalue weighted by Gasteiger charge is -2.13. The highest BCUT2D eigenvalue weighted by Gasteiger charge is 2.23. The number of aryl methyl sites for hydroxylation is 1. The average Bonchev–Trinajstić information content (AvgIpc) is 3.19. The lowest BCUT2D eigenvalue weighted by atomic mass is 9.92. The molecule has 0 aliphatic rings. The van der Waals surface area contributed by atoms with Gasteiger partial charge in [0, 0.05) is 36.0 Å². The van der Waals surface area contributed by atoms with Crippen LogP contribution in [0.25, 0.3) is 17.0 Å². The van der Waals surface area contributed by atoms with E-state index in [1.807, 2.05) is 20.8 Å².